The highest BCUT2D eigenvalue weighted by atomic mass is 16.1. The van der Waals surface area contributed by atoms with Crippen LogP contribution in [-0.2, 0) is 4.79 Å². The number of rotatable bonds is 2. The van der Waals surface area contributed by atoms with Crippen LogP contribution < -0.4 is 5.32 Å². The maximum Gasteiger partial charge on any atom is 0.233 e. The quantitative estimate of drug-likeness (QED) is 0.653. The molecule has 1 aliphatic heterocycles. The lowest BCUT2D eigenvalue weighted by Gasteiger charge is -2.29. The molecule has 0 bridgehead atoms. The standard InChI is InChI=1S/C9H18N2O/c1-8-3-5-11(6-4-8)7-9(12)10-2/h8H,3-7H2,1-2H3,(H,10,12). The van der Waals surface area contributed by atoms with Crippen LogP contribution in [0, 0.1) is 5.92 Å². The Morgan fingerprint density at radius 3 is 2.58 bits per heavy atom. The van der Waals surface area contributed by atoms with Gasteiger partial charge in [0.15, 0.2) is 0 Å². The van der Waals surface area contributed by atoms with Gasteiger partial charge in [-0.1, -0.05) is 6.92 Å². The first-order valence-corrected chi connectivity index (χ1v) is 4.65. The molecular weight excluding hydrogens is 152 g/mol. The summed E-state index contributed by atoms with van der Waals surface area (Å²) in [7, 11) is 1.69. The van der Waals surface area contributed by atoms with E-state index in [2.05, 4.69) is 17.1 Å². The van der Waals surface area contributed by atoms with Crippen LogP contribution in [0.25, 0.3) is 0 Å². The van der Waals surface area contributed by atoms with Gasteiger partial charge in [0.2, 0.25) is 5.91 Å². The van der Waals surface area contributed by atoms with Gasteiger partial charge in [-0.05, 0) is 31.8 Å². The summed E-state index contributed by atoms with van der Waals surface area (Å²) in [4.78, 5) is 13.2. The molecule has 0 aromatic carbocycles. The molecule has 1 heterocycles. The second-order valence-electron chi connectivity index (χ2n) is 3.63. The fourth-order valence-electron chi connectivity index (χ4n) is 1.50. The third kappa shape index (κ3) is 2.81. The monoisotopic (exact) mass is 170 g/mol. The maximum absolute atomic E-state index is 11.0. The molecule has 0 atom stereocenters. The number of nitrogens with one attached hydrogen (secondary N) is 1. The van der Waals surface area contributed by atoms with E-state index in [-0.39, 0.29) is 5.91 Å². The molecule has 0 aliphatic carbocycles. The van der Waals surface area contributed by atoms with Gasteiger partial charge in [0.05, 0.1) is 6.54 Å². The van der Waals surface area contributed by atoms with E-state index in [1.807, 2.05) is 0 Å². The van der Waals surface area contributed by atoms with Crippen LogP contribution in [0.15, 0.2) is 0 Å². The molecule has 1 N–H and O–H groups in total. The number of carbonyl (C=O) groups is 1. The summed E-state index contributed by atoms with van der Waals surface area (Å²) in [5.41, 5.74) is 0. The third-order valence-electron chi connectivity index (χ3n) is 2.52. The molecule has 0 saturated carbocycles. The summed E-state index contributed by atoms with van der Waals surface area (Å²) in [5.74, 6) is 0.968. The summed E-state index contributed by atoms with van der Waals surface area (Å²) in [5, 5.41) is 2.64. The summed E-state index contributed by atoms with van der Waals surface area (Å²) in [6, 6.07) is 0. The Kier molecular flexibility index (Phi) is 3.53. The molecule has 3 nitrogen and oxygen atoms in total. The van der Waals surface area contributed by atoms with E-state index in [1.165, 1.54) is 12.8 Å². The van der Waals surface area contributed by atoms with Crippen molar-refractivity contribution in [2.75, 3.05) is 26.7 Å². The van der Waals surface area contributed by atoms with Crippen molar-refractivity contribution in [1.82, 2.24) is 10.2 Å². The molecule has 0 aromatic heterocycles. The highest BCUT2D eigenvalue weighted by Crippen LogP contribution is 2.15. The Morgan fingerprint density at radius 1 is 1.50 bits per heavy atom. The SMILES string of the molecule is CNC(=O)CN1CCC(C)CC1. The molecule has 1 saturated heterocycles. The van der Waals surface area contributed by atoms with Crippen LogP contribution in [0.1, 0.15) is 19.8 Å². The minimum Gasteiger partial charge on any atom is -0.358 e. The van der Waals surface area contributed by atoms with Gasteiger partial charge in [-0.15, -0.1) is 0 Å². The largest absolute Gasteiger partial charge is 0.358 e. The van der Waals surface area contributed by atoms with Crippen molar-refractivity contribution >= 4 is 5.91 Å². The lowest BCUT2D eigenvalue weighted by molar-refractivity contribution is -0.122. The molecular formula is C9H18N2O. The van der Waals surface area contributed by atoms with Gasteiger partial charge in [-0.25, -0.2) is 0 Å². The van der Waals surface area contributed by atoms with Gasteiger partial charge >= 0.3 is 0 Å². The fraction of sp³-hybridized carbons (Fsp3) is 0.889. The minimum atomic E-state index is 0.129. The Bertz CT molecular complexity index is 151. The molecule has 12 heavy (non-hydrogen) atoms. The number of amides is 1. The molecule has 0 radical (unpaired) electrons. The molecule has 3 heteroatoms. The first-order valence-electron chi connectivity index (χ1n) is 4.65. The number of piperidine rings is 1. The van der Waals surface area contributed by atoms with Gasteiger partial charge in [0, 0.05) is 7.05 Å². The lowest BCUT2D eigenvalue weighted by atomic mass is 9.99. The first-order chi connectivity index (χ1) is 5.72. The zero-order chi connectivity index (χ0) is 8.97. The van der Waals surface area contributed by atoms with E-state index < -0.39 is 0 Å². The summed E-state index contributed by atoms with van der Waals surface area (Å²) >= 11 is 0. The maximum atomic E-state index is 11.0. The number of carbonyl (C=O) groups excluding carboxylic acids is 1. The molecule has 1 amide bonds. The van der Waals surface area contributed by atoms with Gasteiger partial charge in [0.25, 0.3) is 0 Å². The smallest absolute Gasteiger partial charge is 0.233 e. The normalized spacial score (nSPS) is 20.8. The first kappa shape index (κ1) is 9.52. The summed E-state index contributed by atoms with van der Waals surface area (Å²) in [6.45, 7) is 5.00. The van der Waals surface area contributed by atoms with Crippen molar-refractivity contribution in [3.8, 4) is 0 Å². The van der Waals surface area contributed by atoms with Crippen molar-refractivity contribution < 1.29 is 4.79 Å². The van der Waals surface area contributed by atoms with E-state index in [1.54, 1.807) is 7.05 Å². The van der Waals surface area contributed by atoms with Crippen molar-refractivity contribution in [3.05, 3.63) is 0 Å². The number of hydrogen-bond acceptors (Lipinski definition) is 2. The fourth-order valence-corrected chi connectivity index (χ4v) is 1.50. The molecule has 70 valence electrons. The van der Waals surface area contributed by atoms with Crippen molar-refractivity contribution in [2.24, 2.45) is 5.92 Å². The second-order valence-corrected chi connectivity index (χ2v) is 3.63. The molecule has 1 rings (SSSR count). The van der Waals surface area contributed by atoms with E-state index in [9.17, 15) is 4.79 Å². The van der Waals surface area contributed by atoms with Gasteiger partial charge in [0.1, 0.15) is 0 Å². The predicted molar refractivity (Wildman–Crippen MR) is 48.9 cm³/mol. The molecule has 0 aromatic rings. The Hall–Kier alpha value is -0.570. The minimum absolute atomic E-state index is 0.129. The molecule has 1 fully saturated rings. The van der Waals surface area contributed by atoms with Gasteiger partial charge in [-0.3, -0.25) is 9.69 Å². The Balaban J connectivity index is 2.21. The van der Waals surface area contributed by atoms with Gasteiger partial charge < -0.3 is 5.32 Å². The zero-order valence-corrected chi connectivity index (χ0v) is 7.97. The molecule has 0 unspecified atom stereocenters. The van der Waals surface area contributed by atoms with E-state index in [4.69, 9.17) is 0 Å². The van der Waals surface area contributed by atoms with Crippen LogP contribution in [-0.4, -0.2) is 37.5 Å². The Labute approximate surface area is 74.1 Å². The van der Waals surface area contributed by atoms with Crippen molar-refractivity contribution in [2.45, 2.75) is 19.8 Å². The lowest BCUT2D eigenvalue weighted by Crippen LogP contribution is -2.40. The van der Waals surface area contributed by atoms with E-state index >= 15 is 0 Å². The number of hydrogen-bond donors (Lipinski definition) is 1. The van der Waals surface area contributed by atoms with Crippen LogP contribution >= 0.6 is 0 Å². The van der Waals surface area contributed by atoms with Gasteiger partial charge in [-0.2, -0.15) is 0 Å². The van der Waals surface area contributed by atoms with Crippen LogP contribution in [0.4, 0.5) is 0 Å². The third-order valence-corrected chi connectivity index (χ3v) is 2.52. The Morgan fingerprint density at radius 2 is 2.08 bits per heavy atom. The average molecular weight is 170 g/mol. The number of likely N-dealkylation sites (N-methyl/N-ethyl adjacent to an activating group) is 1. The highest BCUT2D eigenvalue weighted by molar-refractivity contribution is 5.77. The number of likely N-dealkylation sites (tertiary alicyclic amines) is 1. The molecule has 0 spiro atoms. The van der Waals surface area contributed by atoms with Crippen molar-refractivity contribution in [3.63, 3.8) is 0 Å². The van der Waals surface area contributed by atoms with E-state index in [0.29, 0.717) is 6.54 Å². The topological polar surface area (TPSA) is 32.3 Å². The summed E-state index contributed by atoms with van der Waals surface area (Å²) < 4.78 is 0. The predicted octanol–water partition coefficient (Wildman–Crippen LogP) is 0.464. The second kappa shape index (κ2) is 4.45. The van der Waals surface area contributed by atoms with Crippen molar-refractivity contribution in [1.29, 1.82) is 0 Å². The average Bonchev–Trinajstić information content (AvgIpc) is 2.09. The van der Waals surface area contributed by atoms with E-state index in [0.717, 1.165) is 19.0 Å². The van der Waals surface area contributed by atoms with Crippen LogP contribution in [0.2, 0.25) is 0 Å². The van der Waals surface area contributed by atoms with Crippen LogP contribution in [0.5, 0.6) is 0 Å². The molecule has 1 aliphatic rings. The highest BCUT2D eigenvalue weighted by Gasteiger charge is 2.16. The van der Waals surface area contributed by atoms with Crippen LogP contribution in [0.3, 0.4) is 0 Å². The number of nitrogens with zero attached hydrogens (tertiary/aromatic N) is 1. The zero-order valence-electron chi connectivity index (χ0n) is 7.97. The summed E-state index contributed by atoms with van der Waals surface area (Å²) in [6.07, 6.45) is 2.47.